The predicted molar refractivity (Wildman–Crippen MR) is 62.1 cm³/mol. The van der Waals surface area contributed by atoms with Crippen LogP contribution in [0.1, 0.15) is 18.4 Å². The minimum absolute atomic E-state index is 0.311. The molecule has 2 aliphatic rings. The van der Waals surface area contributed by atoms with Gasteiger partial charge in [0.2, 0.25) is 0 Å². The van der Waals surface area contributed by atoms with Crippen molar-refractivity contribution in [3.63, 3.8) is 0 Å². The molecule has 82 valence electrons. The van der Waals surface area contributed by atoms with Crippen molar-refractivity contribution in [1.82, 2.24) is 4.90 Å². The highest BCUT2D eigenvalue weighted by Gasteiger charge is 2.51. The second kappa shape index (κ2) is 3.58. The van der Waals surface area contributed by atoms with E-state index in [4.69, 9.17) is 0 Å². The SMILES string of the molecule is OC1(C2CC2)CN(CCc2ccsc2)C1. The molecule has 2 heterocycles. The smallest absolute Gasteiger partial charge is 0.0928 e. The number of hydrogen-bond acceptors (Lipinski definition) is 3. The van der Waals surface area contributed by atoms with Gasteiger partial charge in [0.05, 0.1) is 5.60 Å². The van der Waals surface area contributed by atoms with E-state index < -0.39 is 0 Å². The summed E-state index contributed by atoms with van der Waals surface area (Å²) in [5.41, 5.74) is 1.12. The molecule has 3 rings (SSSR count). The number of nitrogens with zero attached hydrogens (tertiary/aromatic N) is 1. The molecule has 1 aromatic rings. The fourth-order valence-corrected chi connectivity index (χ4v) is 3.19. The Morgan fingerprint density at radius 1 is 1.47 bits per heavy atom. The van der Waals surface area contributed by atoms with E-state index in [0.29, 0.717) is 5.92 Å². The lowest BCUT2D eigenvalue weighted by Gasteiger charge is -2.47. The summed E-state index contributed by atoms with van der Waals surface area (Å²) in [5.74, 6) is 0.620. The van der Waals surface area contributed by atoms with Gasteiger partial charge in [-0.3, -0.25) is 4.90 Å². The summed E-state index contributed by atoms with van der Waals surface area (Å²) >= 11 is 1.76. The lowest BCUT2D eigenvalue weighted by Crippen LogP contribution is -2.63. The van der Waals surface area contributed by atoms with Crippen LogP contribution in [0.15, 0.2) is 16.8 Å². The fraction of sp³-hybridized carbons (Fsp3) is 0.667. The Kier molecular flexibility index (Phi) is 2.34. The molecule has 0 atom stereocenters. The van der Waals surface area contributed by atoms with Crippen LogP contribution in [0.2, 0.25) is 0 Å². The molecule has 1 N–H and O–H groups in total. The van der Waals surface area contributed by atoms with Gasteiger partial charge < -0.3 is 5.11 Å². The number of β-amino-alcohol motifs (C(OH)–C–C–N with tert-alkyl or cyclic N) is 1. The molecule has 0 amide bonds. The minimum Gasteiger partial charge on any atom is -0.387 e. The largest absolute Gasteiger partial charge is 0.387 e. The van der Waals surface area contributed by atoms with E-state index in [0.717, 1.165) is 26.1 Å². The summed E-state index contributed by atoms with van der Waals surface area (Å²) in [6, 6.07) is 2.19. The molecule has 3 heteroatoms. The molecule has 2 fully saturated rings. The normalized spacial score (nSPS) is 25.1. The van der Waals surface area contributed by atoms with Crippen molar-refractivity contribution in [2.24, 2.45) is 5.92 Å². The third kappa shape index (κ3) is 1.96. The van der Waals surface area contributed by atoms with Crippen molar-refractivity contribution in [2.45, 2.75) is 24.9 Å². The maximum atomic E-state index is 10.1. The van der Waals surface area contributed by atoms with E-state index in [1.165, 1.54) is 18.4 Å². The summed E-state index contributed by atoms with van der Waals surface area (Å²) in [6.45, 7) is 2.91. The zero-order valence-electron chi connectivity index (χ0n) is 8.85. The monoisotopic (exact) mass is 223 g/mol. The molecule has 15 heavy (non-hydrogen) atoms. The second-order valence-electron chi connectivity index (χ2n) is 4.97. The zero-order valence-corrected chi connectivity index (χ0v) is 9.67. The first-order chi connectivity index (χ1) is 7.26. The van der Waals surface area contributed by atoms with Crippen molar-refractivity contribution in [3.8, 4) is 0 Å². The number of hydrogen-bond donors (Lipinski definition) is 1. The molecule has 0 spiro atoms. The first-order valence-corrected chi connectivity index (χ1v) is 6.66. The van der Waals surface area contributed by atoms with E-state index in [-0.39, 0.29) is 5.60 Å². The van der Waals surface area contributed by atoms with E-state index in [1.807, 2.05) is 0 Å². The number of thiophene rings is 1. The Labute approximate surface area is 94.5 Å². The molecule has 1 saturated heterocycles. The van der Waals surface area contributed by atoms with Gasteiger partial charge in [-0.2, -0.15) is 11.3 Å². The van der Waals surface area contributed by atoms with Crippen molar-refractivity contribution < 1.29 is 5.11 Å². The Bertz CT molecular complexity index is 325. The van der Waals surface area contributed by atoms with Crippen molar-refractivity contribution in [1.29, 1.82) is 0 Å². The van der Waals surface area contributed by atoms with Gasteiger partial charge in [-0.1, -0.05) is 0 Å². The lowest BCUT2D eigenvalue weighted by atomic mass is 9.88. The highest BCUT2D eigenvalue weighted by Crippen LogP contribution is 2.44. The van der Waals surface area contributed by atoms with Crippen LogP contribution in [0, 0.1) is 5.92 Å². The standard InChI is InChI=1S/C12H17NOS/c14-12(11-1-2-11)8-13(9-12)5-3-10-4-6-15-7-10/h4,6-7,11,14H,1-3,5,8-9H2. The molecule has 1 aliphatic carbocycles. The van der Waals surface area contributed by atoms with Gasteiger partial charge in [-0.25, -0.2) is 0 Å². The first-order valence-electron chi connectivity index (χ1n) is 5.72. The van der Waals surface area contributed by atoms with Crippen molar-refractivity contribution >= 4 is 11.3 Å². The van der Waals surface area contributed by atoms with Gasteiger partial charge >= 0.3 is 0 Å². The molecule has 0 unspecified atom stereocenters. The van der Waals surface area contributed by atoms with E-state index in [9.17, 15) is 5.11 Å². The number of rotatable bonds is 4. The molecule has 0 radical (unpaired) electrons. The third-order valence-corrected chi connectivity index (χ3v) is 4.36. The molecular formula is C12H17NOS. The highest BCUT2D eigenvalue weighted by molar-refractivity contribution is 7.07. The van der Waals surface area contributed by atoms with Gasteiger partial charge in [0, 0.05) is 19.6 Å². The molecule has 0 bridgehead atoms. The quantitative estimate of drug-likeness (QED) is 0.840. The summed E-state index contributed by atoms with van der Waals surface area (Å²) < 4.78 is 0. The Morgan fingerprint density at radius 3 is 2.87 bits per heavy atom. The predicted octanol–water partition coefficient (Wildman–Crippen LogP) is 1.75. The van der Waals surface area contributed by atoms with Gasteiger partial charge in [0.15, 0.2) is 0 Å². The van der Waals surface area contributed by atoms with Crippen LogP contribution in [0.25, 0.3) is 0 Å². The third-order valence-electron chi connectivity index (χ3n) is 3.63. The van der Waals surface area contributed by atoms with Crippen LogP contribution in [0.5, 0.6) is 0 Å². The van der Waals surface area contributed by atoms with Gasteiger partial charge in [-0.05, 0) is 47.6 Å². The molecule has 1 aliphatic heterocycles. The van der Waals surface area contributed by atoms with Crippen LogP contribution >= 0.6 is 11.3 Å². The first kappa shape index (κ1) is 9.82. The average molecular weight is 223 g/mol. The van der Waals surface area contributed by atoms with Crippen LogP contribution in [0.3, 0.4) is 0 Å². The fourth-order valence-electron chi connectivity index (χ4n) is 2.49. The topological polar surface area (TPSA) is 23.5 Å². The van der Waals surface area contributed by atoms with Crippen molar-refractivity contribution in [3.05, 3.63) is 22.4 Å². The number of likely N-dealkylation sites (tertiary alicyclic amines) is 1. The van der Waals surface area contributed by atoms with E-state index >= 15 is 0 Å². The highest BCUT2D eigenvalue weighted by atomic mass is 32.1. The summed E-state index contributed by atoms with van der Waals surface area (Å²) in [5, 5.41) is 14.5. The summed E-state index contributed by atoms with van der Waals surface area (Å²) in [7, 11) is 0. The van der Waals surface area contributed by atoms with Crippen LogP contribution in [-0.2, 0) is 6.42 Å². The van der Waals surface area contributed by atoms with E-state index in [1.54, 1.807) is 11.3 Å². The Morgan fingerprint density at radius 2 is 2.27 bits per heavy atom. The summed E-state index contributed by atoms with van der Waals surface area (Å²) in [6.07, 6.45) is 3.62. The van der Waals surface area contributed by atoms with Crippen LogP contribution < -0.4 is 0 Å². The zero-order chi connectivity index (χ0) is 10.3. The Hall–Kier alpha value is -0.380. The van der Waals surface area contributed by atoms with Gasteiger partial charge in [0.1, 0.15) is 0 Å². The Balaban J connectivity index is 1.44. The van der Waals surface area contributed by atoms with E-state index in [2.05, 4.69) is 21.7 Å². The molecule has 0 aromatic carbocycles. The average Bonchev–Trinajstić information content (AvgIpc) is 2.90. The molecule has 1 aromatic heterocycles. The second-order valence-corrected chi connectivity index (χ2v) is 5.75. The van der Waals surface area contributed by atoms with Crippen LogP contribution in [-0.4, -0.2) is 35.2 Å². The number of aliphatic hydroxyl groups is 1. The minimum atomic E-state index is -0.311. The molecular weight excluding hydrogens is 206 g/mol. The molecule has 1 saturated carbocycles. The van der Waals surface area contributed by atoms with Gasteiger partial charge in [-0.15, -0.1) is 0 Å². The summed E-state index contributed by atoms with van der Waals surface area (Å²) in [4.78, 5) is 2.37. The maximum absolute atomic E-state index is 10.1. The van der Waals surface area contributed by atoms with Crippen LogP contribution in [0.4, 0.5) is 0 Å². The van der Waals surface area contributed by atoms with Gasteiger partial charge in [0.25, 0.3) is 0 Å². The maximum Gasteiger partial charge on any atom is 0.0928 e. The van der Waals surface area contributed by atoms with Crippen molar-refractivity contribution in [2.75, 3.05) is 19.6 Å². The molecule has 2 nitrogen and oxygen atoms in total. The lowest BCUT2D eigenvalue weighted by molar-refractivity contribution is -0.112.